The Hall–Kier alpha value is -0.600. The molecular weight excluding hydrogens is 328 g/mol. The Morgan fingerprint density at radius 1 is 1.24 bits per heavy atom. The number of halogens is 2. The van der Waals surface area contributed by atoms with Gasteiger partial charge in [-0.15, -0.1) is 17.0 Å². The predicted octanol–water partition coefficient (Wildman–Crippen LogP) is 2.22. The summed E-state index contributed by atoms with van der Waals surface area (Å²) in [6.45, 7) is 0. The smallest absolute Gasteiger partial charge is 0.236 e. The summed E-state index contributed by atoms with van der Waals surface area (Å²) in [6, 6.07) is 7.26. The van der Waals surface area contributed by atoms with Gasteiger partial charge in [0.05, 0.1) is 5.75 Å². The van der Waals surface area contributed by atoms with Crippen LogP contribution in [-0.2, 0) is 5.75 Å². The van der Waals surface area contributed by atoms with Crippen molar-refractivity contribution in [2.24, 2.45) is 11.7 Å². The molecule has 0 saturated carbocycles. The normalized spacial score (nSPS) is 8.94. The van der Waals surface area contributed by atoms with Gasteiger partial charge in [0.1, 0.15) is 0 Å². The van der Waals surface area contributed by atoms with Crippen LogP contribution in [0.25, 0.3) is 11.4 Å². The van der Waals surface area contributed by atoms with Gasteiger partial charge in [0, 0.05) is 10.6 Å². The molecule has 94 valence electrons. The first-order valence-electron chi connectivity index (χ1n) is 4.32. The van der Waals surface area contributed by atoms with Crippen LogP contribution in [0.5, 0.6) is 0 Å². The third-order valence-corrected chi connectivity index (χ3v) is 2.23. The van der Waals surface area contributed by atoms with Crippen molar-refractivity contribution in [3.63, 3.8) is 0 Å². The van der Waals surface area contributed by atoms with Crippen molar-refractivity contribution in [1.82, 2.24) is 10.1 Å². The number of nitrogens with zero attached hydrogens (tertiary/aromatic N) is 2. The Balaban J connectivity index is 0.000000811. The molecule has 0 fully saturated rings. The van der Waals surface area contributed by atoms with Gasteiger partial charge in [-0.3, -0.25) is 11.7 Å². The van der Waals surface area contributed by atoms with E-state index >= 15 is 0 Å². The molecule has 5 nitrogen and oxygen atoms in total. The topological polar surface area (TPSA) is 91.0 Å². The van der Waals surface area contributed by atoms with Gasteiger partial charge in [-0.1, -0.05) is 16.8 Å². The van der Waals surface area contributed by atoms with Crippen LogP contribution in [0.2, 0.25) is 5.02 Å². The van der Waals surface area contributed by atoms with Gasteiger partial charge in [0.15, 0.2) is 0 Å². The van der Waals surface area contributed by atoms with E-state index in [9.17, 15) is 0 Å². The van der Waals surface area contributed by atoms with E-state index in [0.29, 0.717) is 22.5 Å². The van der Waals surface area contributed by atoms with E-state index in [1.54, 1.807) is 12.1 Å². The minimum absolute atomic E-state index is 0. The molecule has 1 heterocycles. The summed E-state index contributed by atoms with van der Waals surface area (Å²) in [7, 11) is 0. The molecule has 4 N–H and O–H groups in total. The second kappa shape index (κ2) is 8.48. The maximum Gasteiger partial charge on any atom is 0.236 e. The molecule has 0 aliphatic rings. The first kappa shape index (κ1) is 16.4. The molecule has 0 unspecified atom stereocenters. The highest BCUT2D eigenvalue weighted by Gasteiger charge is 2.06. The molecule has 0 saturated heterocycles. The quantitative estimate of drug-likeness (QED) is 0.443. The van der Waals surface area contributed by atoms with E-state index in [4.69, 9.17) is 16.1 Å². The monoisotopic (exact) mass is 338 g/mol. The fourth-order valence-electron chi connectivity index (χ4n) is 1.04. The van der Waals surface area contributed by atoms with Crippen molar-refractivity contribution in [2.75, 3.05) is 0 Å². The minimum Gasteiger partial charge on any atom is -0.338 e. The van der Waals surface area contributed by atoms with Gasteiger partial charge in [0.2, 0.25) is 11.7 Å². The molecule has 1 aromatic carbocycles. The molecular formula is C9H12BrClN4OS. The second-order valence-corrected chi connectivity index (χ2v) is 3.43. The third kappa shape index (κ3) is 4.64. The molecule has 0 aliphatic heterocycles. The Morgan fingerprint density at radius 2 is 1.82 bits per heavy atom. The minimum atomic E-state index is 0. The molecule has 2 aromatic rings. The standard InChI is InChI=1S/C9H7ClN2OS.BrH.H4N2/c10-7-3-1-6(2-4-7)9-11-8(5-14)13-12-9;;1-2/h1-4,14H,5H2;1H;1-2H2. The second-order valence-electron chi connectivity index (χ2n) is 2.68. The van der Waals surface area contributed by atoms with Gasteiger partial charge in [0.25, 0.3) is 0 Å². The lowest BCUT2D eigenvalue weighted by Crippen LogP contribution is -2.02. The Morgan fingerprint density at radius 3 is 2.29 bits per heavy atom. The lowest BCUT2D eigenvalue weighted by molar-refractivity contribution is 0.392. The fraction of sp³-hybridized carbons (Fsp3) is 0.111. The van der Waals surface area contributed by atoms with Crippen LogP contribution < -0.4 is 11.7 Å². The Bertz CT molecular complexity index is 437. The zero-order valence-electron chi connectivity index (χ0n) is 8.71. The van der Waals surface area contributed by atoms with Crippen LogP contribution in [0.1, 0.15) is 5.89 Å². The summed E-state index contributed by atoms with van der Waals surface area (Å²) in [4.78, 5) is 4.13. The average molecular weight is 340 g/mol. The fourth-order valence-corrected chi connectivity index (χ4v) is 1.29. The molecule has 0 bridgehead atoms. The van der Waals surface area contributed by atoms with Gasteiger partial charge in [-0.2, -0.15) is 17.6 Å². The third-order valence-electron chi connectivity index (χ3n) is 1.71. The SMILES string of the molecule is Br.NN.SCc1nc(-c2ccc(Cl)cc2)no1. The predicted molar refractivity (Wildman–Crippen MR) is 76.1 cm³/mol. The first-order chi connectivity index (χ1) is 7.79. The molecule has 0 radical (unpaired) electrons. The number of benzene rings is 1. The molecule has 0 atom stereocenters. The summed E-state index contributed by atoms with van der Waals surface area (Å²) >= 11 is 9.79. The molecule has 0 aliphatic carbocycles. The van der Waals surface area contributed by atoms with Crippen LogP contribution >= 0.6 is 41.2 Å². The number of hydrogen-bond donors (Lipinski definition) is 3. The Kier molecular flexibility index (Phi) is 8.19. The van der Waals surface area contributed by atoms with Crippen molar-refractivity contribution in [2.45, 2.75) is 5.75 Å². The van der Waals surface area contributed by atoms with Gasteiger partial charge in [-0.25, -0.2) is 0 Å². The van der Waals surface area contributed by atoms with Crippen molar-refractivity contribution in [3.8, 4) is 11.4 Å². The largest absolute Gasteiger partial charge is 0.338 e. The average Bonchev–Trinajstić information content (AvgIpc) is 2.81. The van der Waals surface area contributed by atoms with Crippen molar-refractivity contribution < 1.29 is 4.52 Å². The summed E-state index contributed by atoms with van der Waals surface area (Å²) < 4.78 is 4.93. The molecule has 0 amide bonds. The lowest BCUT2D eigenvalue weighted by Gasteiger charge is -1.92. The van der Waals surface area contributed by atoms with Crippen LogP contribution in [-0.4, -0.2) is 10.1 Å². The summed E-state index contributed by atoms with van der Waals surface area (Å²) in [6.07, 6.45) is 0. The first-order valence-corrected chi connectivity index (χ1v) is 5.33. The van der Waals surface area contributed by atoms with Crippen LogP contribution in [0.3, 0.4) is 0 Å². The Labute approximate surface area is 120 Å². The number of aromatic nitrogens is 2. The highest BCUT2D eigenvalue weighted by atomic mass is 79.9. The maximum absolute atomic E-state index is 5.76. The van der Waals surface area contributed by atoms with E-state index in [1.165, 1.54) is 0 Å². The van der Waals surface area contributed by atoms with Gasteiger partial charge >= 0.3 is 0 Å². The molecule has 8 heteroatoms. The van der Waals surface area contributed by atoms with Crippen molar-refractivity contribution in [1.29, 1.82) is 0 Å². The van der Waals surface area contributed by atoms with Gasteiger partial charge in [-0.05, 0) is 24.3 Å². The maximum atomic E-state index is 5.76. The van der Waals surface area contributed by atoms with Crippen molar-refractivity contribution in [3.05, 3.63) is 35.2 Å². The summed E-state index contributed by atoms with van der Waals surface area (Å²) in [5.74, 6) is 9.52. The van der Waals surface area contributed by atoms with E-state index < -0.39 is 0 Å². The molecule has 17 heavy (non-hydrogen) atoms. The van der Waals surface area contributed by atoms with Crippen LogP contribution in [0.15, 0.2) is 28.8 Å². The van der Waals surface area contributed by atoms with E-state index in [-0.39, 0.29) is 17.0 Å². The molecule has 0 spiro atoms. The summed E-state index contributed by atoms with van der Waals surface area (Å²) in [5, 5.41) is 4.50. The zero-order valence-corrected chi connectivity index (χ0v) is 12.1. The highest BCUT2D eigenvalue weighted by Crippen LogP contribution is 2.18. The van der Waals surface area contributed by atoms with E-state index in [0.717, 1.165) is 5.56 Å². The van der Waals surface area contributed by atoms with Crippen LogP contribution in [0, 0.1) is 0 Å². The molecule has 2 rings (SSSR count). The number of thiol groups is 1. The number of rotatable bonds is 2. The number of hydrogen-bond acceptors (Lipinski definition) is 6. The lowest BCUT2D eigenvalue weighted by atomic mass is 10.2. The van der Waals surface area contributed by atoms with Crippen molar-refractivity contribution >= 4 is 41.2 Å². The summed E-state index contributed by atoms with van der Waals surface area (Å²) in [5.41, 5.74) is 0.881. The van der Waals surface area contributed by atoms with E-state index in [1.807, 2.05) is 12.1 Å². The molecule has 1 aromatic heterocycles. The van der Waals surface area contributed by atoms with Gasteiger partial charge < -0.3 is 4.52 Å². The van der Waals surface area contributed by atoms with Crippen LogP contribution in [0.4, 0.5) is 0 Å². The zero-order chi connectivity index (χ0) is 12.0. The number of nitrogens with two attached hydrogens (primary N) is 2. The highest BCUT2D eigenvalue weighted by molar-refractivity contribution is 8.93. The van der Waals surface area contributed by atoms with E-state index in [2.05, 4.69) is 34.5 Å². The number of hydrazine groups is 1.